The van der Waals surface area contributed by atoms with Crippen LogP contribution in [0.25, 0.3) is 11.2 Å². The maximum atomic E-state index is 13.2. The van der Waals surface area contributed by atoms with Gasteiger partial charge in [-0.05, 0) is 75.6 Å². The van der Waals surface area contributed by atoms with Crippen LogP contribution in [0.4, 0.5) is 0 Å². The number of pyridine rings is 1. The van der Waals surface area contributed by atoms with E-state index < -0.39 is 21.5 Å². The van der Waals surface area contributed by atoms with Crippen molar-refractivity contribution in [3.8, 4) is 0 Å². The fraction of sp³-hybridized carbons (Fsp3) is 0.448. The van der Waals surface area contributed by atoms with Gasteiger partial charge in [-0.15, -0.1) is 0 Å². The number of aliphatic hydroxyl groups excluding tert-OH is 1. The molecule has 2 N–H and O–H groups in total. The molecule has 0 radical (unpaired) electrons. The molecule has 3 aromatic rings. The molecule has 1 aliphatic heterocycles. The van der Waals surface area contributed by atoms with Crippen LogP contribution in [0.3, 0.4) is 0 Å². The Bertz CT molecular complexity index is 1480. The number of sulfone groups is 1. The van der Waals surface area contributed by atoms with Gasteiger partial charge in [0.1, 0.15) is 5.65 Å². The highest BCUT2D eigenvalue weighted by atomic mass is 32.2. The van der Waals surface area contributed by atoms with Gasteiger partial charge in [-0.2, -0.15) is 0 Å². The summed E-state index contributed by atoms with van der Waals surface area (Å²) in [4.78, 5) is 18.3. The molecule has 2 aromatic heterocycles. The van der Waals surface area contributed by atoms with E-state index in [9.17, 15) is 18.3 Å². The average molecular weight is 540 g/mol. The van der Waals surface area contributed by atoms with Crippen molar-refractivity contribution in [3.63, 3.8) is 0 Å². The van der Waals surface area contributed by atoms with E-state index in [1.54, 1.807) is 31.2 Å². The molecule has 0 unspecified atom stereocenters. The van der Waals surface area contributed by atoms with Gasteiger partial charge in [-0.3, -0.25) is 4.79 Å². The van der Waals surface area contributed by atoms with Gasteiger partial charge in [0.05, 0.1) is 40.2 Å². The first-order valence-corrected chi connectivity index (χ1v) is 14.6. The van der Waals surface area contributed by atoms with E-state index in [2.05, 4.69) is 32.2 Å². The van der Waals surface area contributed by atoms with E-state index in [0.717, 1.165) is 29.8 Å². The molecule has 1 aromatic carbocycles. The Morgan fingerprint density at radius 1 is 1.16 bits per heavy atom. The zero-order valence-corrected chi connectivity index (χ0v) is 23.7. The van der Waals surface area contributed by atoms with Gasteiger partial charge in [0.2, 0.25) is 0 Å². The molecule has 1 aliphatic rings. The van der Waals surface area contributed by atoms with Crippen LogP contribution in [0, 0.1) is 0 Å². The first-order chi connectivity index (χ1) is 17.8. The van der Waals surface area contributed by atoms with Gasteiger partial charge in [-0.1, -0.05) is 26.0 Å². The van der Waals surface area contributed by atoms with Gasteiger partial charge in [0.25, 0.3) is 5.91 Å². The number of fused-ring (bicyclic) bond motifs is 1. The molecule has 3 heterocycles. The van der Waals surface area contributed by atoms with Crippen LogP contribution in [0.2, 0.25) is 0 Å². The normalized spacial score (nSPS) is 17.7. The summed E-state index contributed by atoms with van der Waals surface area (Å²) in [7, 11) is -3.33. The van der Waals surface area contributed by atoms with Crippen LogP contribution in [-0.4, -0.2) is 52.4 Å². The van der Waals surface area contributed by atoms with E-state index in [1.807, 2.05) is 24.4 Å². The molecule has 0 saturated heterocycles. The van der Waals surface area contributed by atoms with E-state index in [4.69, 9.17) is 9.72 Å². The SMILES string of the molecule is CCc1c(C2=CC(C)(C)OC(C)(C)C2)nc2cc(C(=O)N[C@@H](CO)c3ccc(S(=O)(=O)CC)cc3)ccn12. The fourth-order valence-corrected chi connectivity index (χ4v) is 6.12. The molecular formula is C29H37N3O5S. The molecule has 38 heavy (non-hydrogen) atoms. The third-order valence-electron chi connectivity index (χ3n) is 6.81. The number of benzene rings is 1. The summed E-state index contributed by atoms with van der Waals surface area (Å²) in [6.45, 7) is 11.6. The molecule has 0 bridgehead atoms. The first-order valence-electron chi connectivity index (χ1n) is 13.0. The molecule has 9 heteroatoms. The van der Waals surface area contributed by atoms with Crippen molar-refractivity contribution in [3.05, 3.63) is 71.2 Å². The van der Waals surface area contributed by atoms with Gasteiger partial charge in [-0.25, -0.2) is 13.4 Å². The number of hydrogen-bond acceptors (Lipinski definition) is 6. The molecule has 4 rings (SSSR count). The van der Waals surface area contributed by atoms with Crippen LogP contribution in [0.5, 0.6) is 0 Å². The number of aromatic nitrogens is 2. The number of imidazole rings is 1. The Hall–Kier alpha value is -3.01. The summed E-state index contributed by atoms with van der Waals surface area (Å²) in [5.41, 5.74) is 4.09. The minimum absolute atomic E-state index is 0.00477. The lowest BCUT2D eigenvalue weighted by molar-refractivity contribution is -0.100. The number of hydrogen-bond donors (Lipinski definition) is 2. The highest BCUT2D eigenvalue weighted by molar-refractivity contribution is 7.91. The summed E-state index contributed by atoms with van der Waals surface area (Å²) in [6.07, 6.45) is 5.50. The van der Waals surface area contributed by atoms with Gasteiger partial charge >= 0.3 is 0 Å². The van der Waals surface area contributed by atoms with Crippen molar-refractivity contribution in [2.45, 2.75) is 76.5 Å². The van der Waals surface area contributed by atoms with Gasteiger partial charge < -0.3 is 19.6 Å². The quantitative estimate of drug-likeness (QED) is 0.436. The van der Waals surface area contributed by atoms with Crippen LogP contribution in [0.15, 0.2) is 53.6 Å². The zero-order valence-electron chi connectivity index (χ0n) is 22.9. The van der Waals surface area contributed by atoms with Gasteiger partial charge in [0.15, 0.2) is 9.84 Å². The van der Waals surface area contributed by atoms with Crippen molar-refractivity contribution in [1.82, 2.24) is 14.7 Å². The Balaban J connectivity index is 1.62. The van der Waals surface area contributed by atoms with E-state index >= 15 is 0 Å². The predicted octanol–water partition coefficient (Wildman–Crippen LogP) is 4.51. The Labute approximate surface area is 224 Å². The third kappa shape index (κ3) is 5.70. The number of rotatable bonds is 8. The monoisotopic (exact) mass is 539 g/mol. The van der Waals surface area contributed by atoms with Crippen molar-refractivity contribution in [1.29, 1.82) is 0 Å². The second kappa shape index (κ2) is 10.3. The standard InChI is InChI=1S/C29H37N3O5S/c1-7-24-26(21-16-28(3,4)37-29(5,6)17-21)31-25-15-20(13-14-32(24)25)27(34)30-23(18-33)19-9-11-22(12-10-19)38(35,36)8-2/h9-16,23,33H,7-8,17-18H2,1-6H3,(H,30,34)/t23-/m0/s1. The predicted molar refractivity (Wildman–Crippen MR) is 148 cm³/mol. The molecule has 1 atom stereocenters. The maximum absolute atomic E-state index is 13.2. The summed E-state index contributed by atoms with van der Waals surface area (Å²) in [6, 6.07) is 9.04. The molecule has 0 fully saturated rings. The number of carbonyl (C=O) groups excluding carboxylic acids is 1. The summed E-state index contributed by atoms with van der Waals surface area (Å²) < 4.78 is 32.4. The largest absolute Gasteiger partial charge is 0.394 e. The Kier molecular flexibility index (Phi) is 7.58. The zero-order chi connectivity index (χ0) is 27.9. The van der Waals surface area contributed by atoms with Crippen LogP contribution in [-0.2, 0) is 21.0 Å². The molecule has 204 valence electrons. The second-order valence-electron chi connectivity index (χ2n) is 10.9. The number of nitrogens with one attached hydrogen (secondary N) is 1. The summed E-state index contributed by atoms with van der Waals surface area (Å²) in [5.74, 6) is -0.350. The number of aryl methyl sites for hydroxylation is 1. The smallest absolute Gasteiger partial charge is 0.252 e. The third-order valence-corrected chi connectivity index (χ3v) is 8.56. The highest BCUT2D eigenvalue weighted by Gasteiger charge is 2.35. The summed E-state index contributed by atoms with van der Waals surface area (Å²) >= 11 is 0. The van der Waals surface area contributed by atoms with E-state index in [-0.39, 0.29) is 28.8 Å². The lowest BCUT2D eigenvalue weighted by Crippen LogP contribution is -2.39. The minimum atomic E-state index is -3.33. The Morgan fingerprint density at radius 2 is 1.84 bits per heavy atom. The lowest BCUT2D eigenvalue weighted by atomic mass is 9.87. The highest BCUT2D eigenvalue weighted by Crippen LogP contribution is 2.39. The van der Waals surface area contributed by atoms with Crippen molar-refractivity contribution >= 4 is 27.0 Å². The van der Waals surface area contributed by atoms with Gasteiger partial charge in [0, 0.05) is 23.9 Å². The minimum Gasteiger partial charge on any atom is -0.394 e. The second-order valence-corrected chi connectivity index (χ2v) is 13.2. The topological polar surface area (TPSA) is 110 Å². The first kappa shape index (κ1) is 28.0. The molecule has 1 amide bonds. The van der Waals surface area contributed by atoms with Crippen LogP contribution >= 0.6 is 0 Å². The number of ether oxygens (including phenoxy) is 1. The molecular weight excluding hydrogens is 502 g/mol. The molecule has 8 nitrogen and oxygen atoms in total. The van der Waals surface area contributed by atoms with E-state index in [0.29, 0.717) is 16.8 Å². The number of amides is 1. The summed E-state index contributed by atoms with van der Waals surface area (Å²) in [5, 5.41) is 12.8. The van der Waals surface area contributed by atoms with Crippen LogP contribution in [0.1, 0.15) is 81.3 Å². The number of aliphatic hydroxyl groups is 1. The van der Waals surface area contributed by atoms with Crippen molar-refractivity contribution in [2.24, 2.45) is 0 Å². The molecule has 0 aliphatic carbocycles. The number of carbonyl (C=O) groups is 1. The average Bonchev–Trinajstić information content (AvgIpc) is 3.23. The Morgan fingerprint density at radius 3 is 2.42 bits per heavy atom. The number of nitrogens with zero attached hydrogens (tertiary/aromatic N) is 2. The van der Waals surface area contributed by atoms with Crippen molar-refractivity contribution in [2.75, 3.05) is 12.4 Å². The van der Waals surface area contributed by atoms with Crippen molar-refractivity contribution < 1.29 is 23.1 Å². The lowest BCUT2D eigenvalue weighted by Gasteiger charge is -2.40. The maximum Gasteiger partial charge on any atom is 0.252 e. The van der Waals surface area contributed by atoms with E-state index in [1.165, 1.54) is 12.1 Å². The van der Waals surface area contributed by atoms with Crippen LogP contribution < -0.4 is 5.32 Å². The fourth-order valence-electron chi connectivity index (χ4n) is 5.24. The molecule has 0 spiro atoms. The molecule has 0 saturated carbocycles.